The number of rotatable bonds is 7. The van der Waals surface area contributed by atoms with Gasteiger partial charge < -0.3 is 15.1 Å². The maximum atomic E-state index is 9.68. The normalized spacial score (nSPS) is 10.5. The van der Waals surface area contributed by atoms with Crippen LogP contribution in [0.25, 0.3) is 11.3 Å². The van der Waals surface area contributed by atoms with Crippen LogP contribution in [0.1, 0.15) is 11.1 Å². The van der Waals surface area contributed by atoms with Crippen LogP contribution in [-0.4, -0.2) is 52.7 Å². The second-order valence-electron chi connectivity index (χ2n) is 5.17. The van der Waals surface area contributed by atoms with Crippen LogP contribution in [0.15, 0.2) is 29.4 Å². The highest BCUT2D eigenvalue weighted by atomic mass is 32.2. The first-order valence-corrected chi connectivity index (χ1v) is 8.77. The minimum atomic E-state index is -0.0939. The first-order valence-electron chi connectivity index (χ1n) is 7.54. The molecule has 0 atom stereocenters. The molecule has 0 radical (unpaired) electrons. The van der Waals surface area contributed by atoms with Crippen molar-refractivity contribution in [1.82, 2.24) is 9.97 Å². The number of aliphatic hydroxyl groups is 2. The van der Waals surface area contributed by atoms with E-state index in [-0.39, 0.29) is 26.3 Å². The van der Waals surface area contributed by atoms with E-state index in [2.05, 4.69) is 16.0 Å². The standard InChI is InChI=1S/C17H20N4O2S/c1-12-3-5-13(6-4-12)15-14(11-18)16(20-17(19-15)24-2)21(7-9-22)8-10-23/h3-6,22-23H,7-10H2,1-2H3. The summed E-state index contributed by atoms with van der Waals surface area (Å²) in [6.07, 6.45) is 1.87. The van der Waals surface area contributed by atoms with Crippen molar-refractivity contribution >= 4 is 17.6 Å². The number of aromatic nitrogens is 2. The molecule has 6 nitrogen and oxygen atoms in total. The minimum absolute atomic E-state index is 0.0939. The summed E-state index contributed by atoms with van der Waals surface area (Å²) in [6, 6.07) is 9.97. The van der Waals surface area contributed by atoms with Gasteiger partial charge in [0.15, 0.2) is 11.0 Å². The third kappa shape index (κ3) is 4.03. The average Bonchev–Trinajstić information content (AvgIpc) is 2.61. The molecule has 0 aliphatic carbocycles. The Balaban J connectivity index is 2.64. The first kappa shape index (κ1) is 18.2. The fraction of sp³-hybridized carbons (Fsp3) is 0.353. The zero-order valence-electron chi connectivity index (χ0n) is 13.7. The molecule has 0 spiro atoms. The first-order chi connectivity index (χ1) is 11.6. The monoisotopic (exact) mass is 344 g/mol. The smallest absolute Gasteiger partial charge is 0.189 e. The molecule has 0 saturated heterocycles. The summed E-state index contributed by atoms with van der Waals surface area (Å²) in [6.45, 7) is 2.38. The molecule has 0 saturated carbocycles. The highest BCUT2D eigenvalue weighted by molar-refractivity contribution is 7.98. The maximum absolute atomic E-state index is 9.68. The lowest BCUT2D eigenvalue weighted by Gasteiger charge is -2.24. The number of benzene rings is 1. The van der Waals surface area contributed by atoms with E-state index in [4.69, 9.17) is 0 Å². The molecule has 2 aromatic rings. The number of hydrogen-bond donors (Lipinski definition) is 2. The van der Waals surface area contributed by atoms with Gasteiger partial charge in [-0.15, -0.1) is 0 Å². The fourth-order valence-electron chi connectivity index (χ4n) is 2.34. The Morgan fingerprint density at radius 2 is 1.75 bits per heavy atom. The Kier molecular flexibility index (Phi) is 6.55. The van der Waals surface area contributed by atoms with E-state index in [0.717, 1.165) is 11.1 Å². The molecule has 24 heavy (non-hydrogen) atoms. The SMILES string of the molecule is CSc1nc(-c2ccc(C)cc2)c(C#N)c(N(CCO)CCO)n1. The third-order valence-electron chi connectivity index (χ3n) is 3.53. The minimum Gasteiger partial charge on any atom is -0.395 e. The Labute approximate surface area is 145 Å². The molecule has 1 aromatic heterocycles. The van der Waals surface area contributed by atoms with Gasteiger partial charge in [0.1, 0.15) is 11.6 Å². The van der Waals surface area contributed by atoms with Gasteiger partial charge in [-0.1, -0.05) is 41.6 Å². The second kappa shape index (κ2) is 8.64. The van der Waals surface area contributed by atoms with Gasteiger partial charge in [-0.05, 0) is 13.2 Å². The number of aryl methyl sites for hydroxylation is 1. The van der Waals surface area contributed by atoms with Crippen LogP contribution in [-0.2, 0) is 0 Å². The van der Waals surface area contributed by atoms with Crippen molar-refractivity contribution in [3.63, 3.8) is 0 Å². The van der Waals surface area contributed by atoms with Crippen LogP contribution in [0, 0.1) is 18.3 Å². The lowest BCUT2D eigenvalue weighted by atomic mass is 10.1. The van der Waals surface area contributed by atoms with Gasteiger partial charge in [0.05, 0.1) is 18.9 Å². The van der Waals surface area contributed by atoms with Crippen molar-refractivity contribution in [3.8, 4) is 17.3 Å². The average molecular weight is 344 g/mol. The Hall–Kier alpha value is -2.14. The predicted octanol–water partition coefficient (Wildman–Crippen LogP) is 1.84. The highest BCUT2D eigenvalue weighted by Crippen LogP contribution is 2.30. The second-order valence-corrected chi connectivity index (χ2v) is 5.94. The van der Waals surface area contributed by atoms with E-state index in [1.54, 1.807) is 4.90 Å². The molecule has 1 heterocycles. The van der Waals surface area contributed by atoms with E-state index >= 15 is 0 Å². The lowest BCUT2D eigenvalue weighted by Crippen LogP contribution is -2.31. The summed E-state index contributed by atoms with van der Waals surface area (Å²) >= 11 is 1.38. The number of aliphatic hydroxyl groups excluding tert-OH is 2. The van der Waals surface area contributed by atoms with Crippen molar-refractivity contribution in [2.75, 3.05) is 37.5 Å². The number of hydrogen-bond acceptors (Lipinski definition) is 7. The fourth-order valence-corrected chi connectivity index (χ4v) is 2.70. The van der Waals surface area contributed by atoms with E-state index in [0.29, 0.717) is 22.2 Å². The molecule has 7 heteroatoms. The van der Waals surface area contributed by atoms with Crippen molar-refractivity contribution < 1.29 is 10.2 Å². The van der Waals surface area contributed by atoms with E-state index in [1.165, 1.54) is 11.8 Å². The molecule has 2 rings (SSSR count). The van der Waals surface area contributed by atoms with Crippen molar-refractivity contribution in [1.29, 1.82) is 5.26 Å². The molecule has 0 bridgehead atoms. The lowest BCUT2D eigenvalue weighted by molar-refractivity contribution is 0.280. The Bertz CT molecular complexity index is 723. The van der Waals surface area contributed by atoms with Crippen LogP contribution in [0.5, 0.6) is 0 Å². The number of nitriles is 1. The predicted molar refractivity (Wildman–Crippen MR) is 95.1 cm³/mol. The van der Waals surface area contributed by atoms with Gasteiger partial charge in [0.25, 0.3) is 0 Å². The van der Waals surface area contributed by atoms with Gasteiger partial charge in [0.2, 0.25) is 0 Å². The third-order valence-corrected chi connectivity index (χ3v) is 4.08. The van der Waals surface area contributed by atoms with E-state index < -0.39 is 0 Å². The molecule has 2 N–H and O–H groups in total. The van der Waals surface area contributed by atoms with E-state index in [9.17, 15) is 15.5 Å². The highest BCUT2D eigenvalue weighted by Gasteiger charge is 2.20. The van der Waals surface area contributed by atoms with Crippen LogP contribution >= 0.6 is 11.8 Å². The van der Waals surface area contributed by atoms with Crippen molar-refractivity contribution in [2.24, 2.45) is 0 Å². The molecule has 126 valence electrons. The van der Waals surface area contributed by atoms with Crippen LogP contribution < -0.4 is 4.90 Å². The maximum Gasteiger partial charge on any atom is 0.189 e. The number of thioether (sulfide) groups is 1. The van der Waals surface area contributed by atoms with Gasteiger partial charge >= 0.3 is 0 Å². The van der Waals surface area contributed by atoms with Crippen molar-refractivity contribution in [3.05, 3.63) is 35.4 Å². The molecule has 1 aromatic carbocycles. The molecule has 0 unspecified atom stereocenters. The molecular formula is C17H20N4O2S. The summed E-state index contributed by atoms with van der Waals surface area (Å²) in [5, 5.41) is 28.8. The summed E-state index contributed by atoms with van der Waals surface area (Å²) in [7, 11) is 0. The van der Waals surface area contributed by atoms with E-state index in [1.807, 2.05) is 37.4 Å². The Morgan fingerprint density at radius 3 is 2.25 bits per heavy atom. The van der Waals surface area contributed by atoms with Gasteiger partial charge in [-0.3, -0.25) is 0 Å². The topological polar surface area (TPSA) is 93.3 Å². The number of anilines is 1. The summed E-state index contributed by atoms with van der Waals surface area (Å²) in [5.41, 5.74) is 2.87. The van der Waals surface area contributed by atoms with Gasteiger partial charge in [-0.25, -0.2) is 9.97 Å². The summed E-state index contributed by atoms with van der Waals surface area (Å²) in [5.74, 6) is 0.440. The molecular weight excluding hydrogens is 324 g/mol. The quantitative estimate of drug-likeness (QED) is 0.585. The van der Waals surface area contributed by atoms with Crippen LogP contribution in [0.2, 0.25) is 0 Å². The zero-order chi connectivity index (χ0) is 17.5. The molecule has 0 aliphatic heterocycles. The molecule has 0 amide bonds. The summed E-state index contributed by atoms with van der Waals surface area (Å²) in [4.78, 5) is 10.6. The van der Waals surface area contributed by atoms with Crippen LogP contribution in [0.3, 0.4) is 0 Å². The van der Waals surface area contributed by atoms with Gasteiger partial charge in [-0.2, -0.15) is 5.26 Å². The molecule has 0 aliphatic rings. The Morgan fingerprint density at radius 1 is 1.12 bits per heavy atom. The van der Waals surface area contributed by atoms with Crippen molar-refractivity contribution in [2.45, 2.75) is 12.1 Å². The molecule has 0 fully saturated rings. The largest absolute Gasteiger partial charge is 0.395 e. The van der Waals surface area contributed by atoms with Gasteiger partial charge in [0, 0.05) is 18.7 Å². The number of nitrogens with zero attached hydrogens (tertiary/aromatic N) is 4. The zero-order valence-corrected chi connectivity index (χ0v) is 14.5. The summed E-state index contributed by atoms with van der Waals surface area (Å²) < 4.78 is 0. The van der Waals surface area contributed by atoms with Crippen LogP contribution in [0.4, 0.5) is 5.82 Å².